The van der Waals surface area contributed by atoms with E-state index in [1.165, 1.54) is 16.2 Å². The van der Waals surface area contributed by atoms with Crippen molar-refractivity contribution in [3.8, 4) is 11.6 Å². The van der Waals surface area contributed by atoms with E-state index in [1.54, 1.807) is 0 Å². The average molecular weight is 285 g/mol. The molecule has 0 spiro atoms. The highest BCUT2D eigenvalue weighted by molar-refractivity contribution is 6.01. The minimum Gasteiger partial charge on any atom is -0.438 e. The summed E-state index contributed by atoms with van der Waals surface area (Å²) < 4.78 is 5.98. The molecule has 1 aromatic heterocycles. The van der Waals surface area contributed by atoms with Gasteiger partial charge in [-0.2, -0.15) is 0 Å². The van der Waals surface area contributed by atoms with Crippen LogP contribution in [0.1, 0.15) is 5.56 Å². The fraction of sp³-hybridized carbons (Fsp3) is 0.0500. The van der Waals surface area contributed by atoms with E-state index < -0.39 is 0 Å². The van der Waals surface area contributed by atoms with E-state index in [2.05, 4.69) is 48.3 Å². The average Bonchev–Trinajstić information content (AvgIpc) is 2.57. The van der Waals surface area contributed by atoms with E-state index in [-0.39, 0.29) is 0 Å². The van der Waals surface area contributed by atoms with Crippen LogP contribution in [0.2, 0.25) is 0 Å². The van der Waals surface area contributed by atoms with Crippen molar-refractivity contribution in [3.05, 3.63) is 78.5 Å². The Morgan fingerprint density at radius 1 is 0.773 bits per heavy atom. The minimum absolute atomic E-state index is 0.651. The Kier molecular flexibility index (Phi) is 3.01. The molecule has 1 heterocycles. The van der Waals surface area contributed by atoms with E-state index in [9.17, 15) is 0 Å². The van der Waals surface area contributed by atoms with Crippen LogP contribution in [0.25, 0.3) is 21.5 Å². The molecule has 22 heavy (non-hydrogen) atoms. The van der Waals surface area contributed by atoms with Gasteiger partial charge in [0.25, 0.3) is 0 Å². The second-order valence-corrected chi connectivity index (χ2v) is 5.41. The molecule has 0 unspecified atom stereocenters. The Morgan fingerprint density at radius 2 is 1.41 bits per heavy atom. The van der Waals surface area contributed by atoms with Crippen LogP contribution in [0.15, 0.2) is 72.9 Å². The van der Waals surface area contributed by atoms with Crippen molar-refractivity contribution >= 4 is 21.5 Å². The predicted octanol–water partition coefficient (Wildman–Crippen LogP) is 5.49. The second-order valence-electron chi connectivity index (χ2n) is 5.41. The van der Waals surface area contributed by atoms with E-state index in [4.69, 9.17) is 4.74 Å². The Morgan fingerprint density at radius 3 is 2.14 bits per heavy atom. The van der Waals surface area contributed by atoms with Crippen molar-refractivity contribution in [2.24, 2.45) is 0 Å². The Balaban J connectivity index is 1.95. The lowest BCUT2D eigenvalue weighted by Gasteiger charge is -2.11. The van der Waals surface area contributed by atoms with Crippen LogP contribution in [-0.2, 0) is 0 Å². The lowest BCUT2D eigenvalue weighted by Crippen LogP contribution is -1.91. The zero-order valence-electron chi connectivity index (χ0n) is 12.3. The SMILES string of the molecule is Cc1cnc(Oc2ccccc2)c2cc3ccccc3cc12. The third-order valence-corrected chi connectivity index (χ3v) is 3.87. The molecular formula is C20H15NO. The van der Waals surface area contributed by atoms with Gasteiger partial charge in [0, 0.05) is 11.6 Å². The number of hydrogen-bond acceptors (Lipinski definition) is 2. The van der Waals surface area contributed by atoms with Gasteiger partial charge in [-0.3, -0.25) is 0 Å². The topological polar surface area (TPSA) is 22.1 Å². The maximum atomic E-state index is 5.98. The summed E-state index contributed by atoms with van der Waals surface area (Å²) in [6.45, 7) is 2.08. The molecule has 0 bridgehead atoms. The molecule has 2 nitrogen and oxygen atoms in total. The zero-order valence-corrected chi connectivity index (χ0v) is 12.3. The molecule has 3 aromatic carbocycles. The van der Waals surface area contributed by atoms with Gasteiger partial charge in [-0.05, 0) is 52.9 Å². The number of para-hydroxylation sites is 1. The molecule has 106 valence electrons. The van der Waals surface area contributed by atoms with Crippen LogP contribution in [0.5, 0.6) is 11.6 Å². The molecule has 0 amide bonds. The minimum atomic E-state index is 0.651. The molecular weight excluding hydrogens is 270 g/mol. The van der Waals surface area contributed by atoms with Crippen LogP contribution >= 0.6 is 0 Å². The van der Waals surface area contributed by atoms with Crippen molar-refractivity contribution in [1.29, 1.82) is 0 Å². The molecule has 0 saturated carbocycles. The lowest BCUT2D eigenvalue weighted by molar-refractivity contribution is 0.469. The van der Waals surface area contributed by atoms with Crippen molar-refractivity contribution in [3.63, 3.8) is 0 Å². The summed E-state index contributed by atoms with van der Waals surface area (Å²) in [6, 6.07) is 22.5. The number of hydrogen-bond donors (Lipinski definition) is 0. The number of aryl methyl sites for hydroxylation is 1. The molecule has 2 heteroatoms. The highest BCUT2D eigenvalue weighted by Gasteiger charge is 2.09. The lowest BCUT2D eigenvalue weighted by atomic mass is 10.0. The summed E-state index contributed by atoms with van der Waals surface area (Å²) in [6.07, 6.45) is 1.87. The van der Waals surface area contributed by atoms with Crippen molar-refractivity contribution in [1.82, 2.24) is 4.98 Å². The quantitative estimate of drug-likeness (QED) is 0.454. The Labute approximate surface area is 129 Å². The van der Waals surface area contributed by atoms with Crippen LogP contribution in [-0.4, -0.2) is 4.98 Å². The predicted molar refractivity (Wildman–Crippen MR) is 90.5 cm³/mol. The summed E-state index contributed by atoms with van der Waals surface area (Å²) in [5, 5.41) is 4.65. The van der Waals surface area contributed by atoms with Gasteiger partial charge < -0.3 is 4.74 Å². The monoisotopic (exact) mass is 285 g/mol. The molecule has 0 aliphatic carbocycles. The number of nitrogens with zero attached hydrogens (tertiary/aromatic N) is 1. The first-order valence-electron chi connectivity index (χ1n) is 7.32. The van der Waals surface area contributed by atoms with Gasteiger partial charge in [-0.25, -0.2) is 4.98 Å². The highest BCUT2D eigenvalue weighted by Crippen LogP contribution is 2.32. The molecule has 0 fully saturated rings. The zero-order chi connectivity index (χ0) is 14.9. The van der Waals surface area contributed by atoms with E-state index in [0.29, 0.717) is 5.88 Å². The number of benzene rings is 3. The van der Waals surface area contributed by atoms with Gasteiger partial charge in [0.05, 0.1) is 0 Å². The normalized spacial score (nSPS) is 11.0. The first-order valence-corrected chi connectivity index (χ1v) is 7.32. The molecule has 4 rings (SSSR count). The van der Waals surface area contributed by atoms with Crippen molar-refractivity contribution < 1.29 is 4.74 Å². The summed E-state index contributed by atoms with van der Waals surface area (Å²) in [5.74, 6) is 1.45. The number of pyridine rings is 1. The first kappa shape index (κ1) is 12.8. The van der Waals surface area contributed by atoms with E-state index >= 15 is 0 Å². The van der Waals surface area contributed by atoms with Gasteiger partial charge in [-0.1, -0.05) is 42.5 Å². The molecule has 4 aromatic rings. The van der Waals surface area contributed by atoms with Crippen LogP contribution in [0.4, 0.5) is 0 Å². The maximum absolute atomic E-state index is 5.98. The van der Waals surface area contributed by atoms with Gasteiger partial charge in [0.2, 0.25) is 5.88 Å². The number of fused-ring (bicyclic) bond motifs is 2. The highest BCUT2D eigenvalue weighted by atomic mass is 16.5. The summed E-state index contributed by atoms with van der Waals surface area (Å²) in [5.41, 5.74) is 1.15. The third-order valence-electron chi connectivity index (χ3n) is 3.87. The number of ether oxygens (including phenoxy) is 1. The van der Waals surface area contributed by atoms with Crippen LogP contribution < -0.4 is 4.74 Å². The van der Waals surface area contributed by atoms with E-state index in [1.807, 2.05) is 36.5 Å². The molecule has 0 saturated heterocycles. The summed E-state index contributed by atoms with van der Waals surface area (Å²) in [4.78, 5) is 4.49. The third kappa shape index (κ3) is 2.19. The fourth-order valence-electron chi connectivity index (χ4n) is 2.72. The Hall–Kier alpha value is -2.87. The van der Waals surface area contributed by atoms with Gasteiger partial charge >= 0.3 is 0 Å². The summed E-state index contributed by atoms with van der Waals surface area (Å²) >= 11 is 0. The molecule has 0 aliphatic rings. The molecule has 0 N–H and O–H groups in total. The number of rotatable bonds is 2. The van der Waals surface area contributed by atoms with Crippen LogP contribution in [0.3, 0.4) is 0 Å². The van der Waals surface area contributed by atoms with Crippen molar-refractivity contribution in [2.45, 2.75) is 6.92 Å². The Bertz CT molecular complexity index is 961. The largest absolute Gasteiger partial charge is 0.438 e. The molecule has 0 aliphatic heterocycles. The first-order chi connectivity index (χ1) is 10.8. The maximum Gasteiger partial charge on any atom is 0.227 e. The van der Waals surface area contributed by atoms with Gasteiger partial charge in [0.15, 0.2) is 0 Å². The fourth-order valence-corrected chi connectivity index (χ4v) is 2.72. The second kappa shape index (κ2) is 5.15. The summed E-state index contributed by atoms with van der Waals surface area (Å²) in [7, 11) is 0. The van der Waals surface area contributed by atoms with Crippen molar-refractivity contribution in [2.75, 3.05) is 0 Å². The van der Waals surface area contributed by atoms with Gasteiger partial charge in [0.1, 0.15) is 5.75 Å². The molecule has 0 radical (unpaired) electrons. The smallest absolute Gasteiger partial charge is 0.227 e. The van der Waals surface area contributed by atoms with Crippen LogP contribution in [0, 0.1) is 6.92 Å². The van der Waals surface area contributed by atoms with E-state index in [0.717, 1.165) is 16.7 Å². The molecule has 0 atom stereocenters. The van der Waals surface area contributed by atoms with Gasteiger partial charge in [-0.15, -0.1) is 0 Å². The number of aromatic nitrogens is 1. The standard InChI is InChI=1S/C20H15NO/c1-14-13-21-20(22-17-9-3-2-4-10-17)19-12-16-8-6-5-7-15(16)11-18(14)19/h2-13H,1H3.